The number of halogens is 1. The van der Waals surface area contributed by atoms with Gasteiger partial charge in [-0.2, -0.15) is 0 Å². The van der Waals surface area contributed by atoms with Gasteiger partial charge in [0, 0.05) is 6.42 Å². The molecule has 0 nitrogen and oxygen atoms in total. The first-order valence-electron chi connectivity index (χ1n) is 8.86. The Hall–Kier alpha value is -0.330. The normalized spacial score (nSPS) is 54.6. The molecule has 0 aromatic rings. The molecule has 0 radical (unpaired) electrons. The Morgan fingerprint density at radius 2 is 1.90 bits per heavy atom. The van der Waals surface area contributed by atoms with Gasteiger partial charge < -0.3 is 0 Å². The molecule has 0 amide bonds. The second-order valence-corrected chi connectivity index (χ2v) is 8.68. The van der Waals surface area contributed by atoms with Crippen LogP contribution in [0.2, 0.25) is 0 Å². The molecule has 3 saturated carbocycles. The van der Waals surface area contributed by atoms with Crippen LogP contribution in [0.4, 0.5) is 4.39 Å². The van der Waals surface area contributed by atoms with Crippen LogP contribution in [0.15, 0.2) is 11.6 Å². The van der Waals surface area contributed by atoms with Crippen LogP contribution in [0.5, 0.6) is 0 Å². The van der Waals surface area contributed by atoms with Crippen LogP contribution in [0, 0.1) is 28.6 Å². The first-order valence-corrected chi connectivity index (χ1v) is 8.86. The predicted octanol–water partition coefficient (Wildman–Crippen LogP) is 5.68. The minimum absolute atomic E-state index is 0.343. The summed E-state index contributed by atoms with van der Waals surface area (Å²) in [4.78, 5) is 0. The summed E-state index contributed by atoms with van der Waals surface area (Å²) in [5.41, 5.74) is 2.47. The fraction of sp³-hybridized carbons (Fsp3) is 0.895. The number of fused-ring (bicyclic) bond motifs is 5. The molecule has 4 aliphatic rings. The van der Waals surface area contributed by atoms with E-state index in [0.29, 0.717) is 10.8 Å². The molecule has 6 atom stereocenters. The number of allylic oxidation sites excluding steroid dienone is 2. The number of rotatable bonds is 0. The van der Waals surface area contributed by atoms with Crippen molar-refractivity contribution in [3.05, 3.63) is 11.6 Å². The highest BCUT2D eigenvalue weighted by atomic mass is 19.1. The monoisotopic (exact) mass is 276 g/mol. The molecular weight excluding hydrogens is 247 g/mol. The lowest BCUT2D eigenvalue weighted by molar-refractivity contribution is -0.0303. The van der Waals surface area contributed by atoms with Crippen molar-refractivity contribution >= 4 is 0 Å². The number of hydrogen-bond donors (Lipinski definition) is 0. The van der Waals surface area contributed by atoms with Gasteiger partial charge in [-0.3, -0.25) is 0 Å². The first kappa shape index (κ1) is 13.3. The molecule has 0 N–H and O–H groups in total. The van der Waals surface area contributed by atoms with Crippen LogP contribution >= 0.6 is 0 Å². The Labute approximate surface area is 123 Å². The van der Waals surface area contributed by atoms with Crippen molar-refractivity contribution in [2.45, 2.75) is 77.8 Å². The quantitative estimate of drug-likeness (QED) is 0.499. The summed E-state index contributed by atoms with van der Waals surface area (Å²) in [5, 5.41) is 0. The van der Waals surface area contributed by atoms with Gasteiger partial charge in [-0.1, -0.05) is 31.9 Å². The molecule has 1 heteroatoms. The van der Waals surface area contributed by atoms with Gasteiger partial charge in [-0.05, 0) is 73.5 Å². The van der Waals surface area contributed by atoms with Crippen LogP contribution in [0.3, 0.4) is 0 Å². The van der Waals surface area contributed by atoms with Gasteiger partial charge in [-0.15, -0.1) is 0 Å². The average Bonchev–Trinajstić information content (AvgIpc) is 2.81. The van der Waals surface area contributed by atoms with Crippen LogP contribution < -0.4 is 0 Å². The van der Waals surface area contributed by atoms with Crippen LogP contribution in [-0.2, 0) is 0 Å². The Morgan fingerprint density at radius 3 is 2.75 bits per heavy atom. The second kappa shape index (κ2) is 4.34. The molecule has 20 heavy (non-hydrogen) atoms. The maximum atomic E-state index is 13.8. The lowest BCUT2D eigenvalue weighted by atomic mass is 9.48. The molecule has 0 bridgehead atoms. The lowest BCUT2D eigenvalue weighted by Crippen LogP contribution is -2.49. The van der Waals surface area contributed by atoms with E-state index in [-0.39, 0.29) is 0 Å². The van der Waals surface area contributed by atoms with E-state index in [0.717, 1.165) is 37.0 Å². The molecule has 0 aromatic carbocycles. The van der Waals surface area contributed by atoms with Crippen molar-refractivity contribution in [3.8, 4) is 0 Å². The van der Waals surface area contributed by atoms with E-state index in [2.05, 4.69) is 19.9 Å². The molecule has 3 fully saturated rings. The third-order valence-corrected chi connectivity index (χ3v) is 7.82. The molecule has 4 aliphatic carbocycles. The zero-order valence-corrected chi connectivity index (χ0v) is 13.1. The highest BCUT2D eigenvalue weighted by molar-refractivity contribution is 5.25. The third kappa shape index (κ3) is 1.70. The summed E-state index contributed by atoms with van der Waals surface area (Å²) in [6.07, 6.45) is 13.0. The minimum atomic E-state index is -0.564. The fourth-order valence-electron chi connectivity index (χ4n) is 6.61. The maximum absolute atomic E-state index is 13.8. The lowest BCUT2D eigenvalue weighted by Gasteiger charge is -2.57. The minimum Gasteiger partial charge on any atom is -0.247 e. The zero-order chi connectivity index (χ0) is 14.0. The van der Waals surface area contributed by atoms with E-state index >= 15 is 0 Å². The maximum Gasteiger partial charge on any atom is 0.104 e. The third-order valence-electron chi connectivity index (χ3n) is 7.82. The summed E-state index contributed by atoms with van der Waals surface area (Å²) in [5.74, 6) is 2.71. The van der Waals surface area contributed by atoms with Crippen molar-refractivity contribution in [1.82, 2.24) is 0 Å². The average molecular weight is 276 g/mol. The van der Waals surface area contributed by atoms with Crippen LogP contribution in [0.25, 0.3) is 0 Å². The van der Waals surface area contributed by atoms with E-state index in [1.54, 1.807) is 0 Å². The molecule has 0 saturated heterocycles. The second-order valence-electron chi connectivity index (χ2n) is 8.68. The summed E-state index contributed by atoms with van der Waals surface area (Å²) in [6.45, 7) is 5.03. The highest BCUT2D eigenvalue weighted by Crippen LogP contribution is 2.64. The van der Waals surface area contributed by atoms with Crippen LogP contribution in [0.1, 0.15) is 71.6 Å². The summed E-state index contributed by atoms with van der Waals surface area (Å²) in [7, 11) is 0. The van der Waals surface area contributed by atoms with Gasteiger partial charge in [0.15, 0.2) is 0 Å². The smallest absolute Gasteiger partial charge is 0.104 e. The van der Waals surface area contributed by atoms with Crippen molar-refractivity contribution in [2.24, 2.45) is 28.6 Å². The standard InChI is InChI=1S/C19H29F/c1-18-9-3-4-16(18)15-6-5-13-12-14(20)7-11-19(13,2)17(15)8-10-18/h5,14-17H,3-4,6-12H2,1-2H3/t14-,15-,16-,17-,18-,19+/m1/s1. The molecule has 4 rings (SSSR count). The zero-order valence-electron chi connectivity index (χ0n) is 13.1. The summed E-state index contributed by atoms with van der Waals surface area (Å²) >= 11 is 0. The van der Waals surface area contributed by atoms with Crippen molar-refractivity contribution in [3.63, 3.8) is 0 Å². The van der Waals surface area contributed by atoms with Gasteiger partial charge in [0.1, 0.15) is 6.17 Å². The molecule has 0 spiro atoms. The van der Waals surface area contributed by atoms with Crippen molar-refractivity contribution in [1.29, 1.82) is 0 Å². The van der Waals surface area contributed by atoms with Crippen LogP contribution in [-0.4, -0.2) is 6.17 Å². The number of alkyl halides is 1. The van der Waals surface area contributed by atoms with E-state index < -0.39 is 6.17 Å². The predicted molar refractivity (Wildman–Crippen MR) is 81.2 cm³/mol. The Kier molecular flexibility index (Phi) is 2.89. The Morgan fingerprint density at radius 1 is 1.05 bits per heavy atom. The number of hydrogen-bond acceptors (Lipinski definition) is 0. The summed E-state index contributed by atoms with van der Waals surface area (Å²) < 4.78 is 13.8. The Balaban J connectivity index is 1.68. The molecule has 0 unspecified atom stereocenters. The molecular formula is C19H29F. The molecule has 0 aromatic heterocycles. The van der Waals surface area contributed by atoms with Crippen molar-refractivity contribution in [2.75, 3.05) is 0 Å². The fourth-order valence-corrected chi connectivity index (χ4v) is 6.61. The van der Waals surface area contributed by atoms with E-state index in [9.17, 15) is 4.39 Å². The van der Waals surface area contributed by atoms with Crippen molar-refractivity contribution < 1.29 is 4.39 Å². The topological polar surface area (TPSA) is 0 Å². The molecule has 0 aliphatic heterocycles. The highest BCUT2D eigenvalue weighted by Gasteiger charge is 2.55. The summed E-state index contributed by atoms with van der Waals surface area (Å²) in [6, 6.07) is 0. The van der Waals surface area contributed by atoms with Gasteiger partial charge in [0.05, 0.1) is 0 Å². The van der Waals surface area contributed by atoms with Gasteiger partial charge in [0.2, 0.25) is 0 Å². The SMILES string of the molecule is C[C@]12CCC[C@@H]1[C@H]1CC=C3C[C@H](F)CC[C@]3(C)[C@@H]1CC2. The van der Waals surface area contributed by atoms with E-state index in [4.69, 9.17) is 0 Å². The molecule has 0 heterocycles. The molecule has 112 valence electrons. The van der Waals surface area contributed by atoms with Gasteiger partial charge >= 0.3 is 0 Å². The van der Waals surface area contributed by atoms with Gasteiger partial charge in [-0.25, -0.2) is 4.39 Å². The largest absolute Gasteiger partial charge is 0.247 e. The first-order chi connectivity index (χ1) is 9.53. The Bertz CT molecular complexity index is 439. The van der Waals surface area contributed by atoms with E-state index in [1.807, 2.05) is 0 Å². The van der Waals surface area contributed by atoms with E-state index in [1.165, 1.54) is 44.1 Å². The van der Waals surface area contributed by atoms with Gasteiger partial charge in [0.25, 0.3) is 0 Å².